The minimum absolute atomic E-state index is 0. The molecular formula is C18H18N4O2ReS. The standard InChI is InChI=1S/C18H18N4O2S.Re/c19-25(23,24)18-9-7-17(8-10-18)22(13-15-5-1-3-11-20-15)14-16-6-2-4-12-21-16;/h1-12H,13-14H2,(H2,19,23,24);. The second-order valence-electron chi connectivity index (χ2n) is 5.54. The Morgan fingerprint density at radius 3 is 1.69 bits per heavy atom. The van der Waals surface area contributed by atoms with E-state index in [1.54, 1.807) is 24.5 Å². The summed E-state index contributed by atoms with van der Waals surface area (Å²) in [5.74, 6) is 0. The van der Waals surface area contributed by atoms with E-state index in [2.05, 4.69) is 14.9 Å². The van der Waals surface area contributed by atoms with Crippen molar-refractivity contribution in [2.24, 2.45) is 5.14 Å². The summed E-state index contributed by atoms with van der Waals surface area (Å²) in [6.45, 7) is 1.15. The quantitative estimate of drug-likeness (QED) is 0.519. The summed E-state index contributed by atoms with van der Waals surface area (Å²) < 4.78 is 22.9. The molecule has 0 aliphatic carbocycles. The predicted octanol–water partition coefficient (Wildman–Crippen LogP) is 2.33. The van der Waals surface area contributed by atoms with Crippen LogP contribution in [0.3, 0.4) is 0 Å². The SMILES string of the molecule is NS(=O)(=O)c1ccc(N(Cc2ccccn2)Cc2ccccn2)cc1.[Re]. The van der Waals surface area contributed by atoms with Gasteiger partial charge in [-0.2, -0.15) is 0 Å². The fraction of sp³-hybridized carbons (Fsp3) is 0.111. The van der Waals surface area contributed by atoms with Crippen LogP contribution in [-0.4, -0.2) is 18.4 Å². The first-order chi connectivity index (χ1) is 12.0. The van der Waals surface area contributed by atoms with Crippen molar-refractivity contribution in [2.75, 3.05) is 4.90 Å². The van der Waals surface area contributed by atoms with Gasteiger partial charge in [0.15, 0.2) is 0 Å². The molecule has 0 saturated heterocycles. The van der Waals surface area contributed by atoms with Crippen molar-refractivity contribution in [1.29, 1.82) is 0 Å². The van der Waals surface area contributed by atoms with Crippen molar-refractivity contribution < 1.29 is 28.8 Å². The normalized spacial score (nSPS) is 10.8. The number of aromatic nitrogens is 2. The van der Waals surface area contributed by atoms with Gasteiger partial charge in [0.05, 0.1) is 29.4 Å². The van der Waals surface area contributed by atoms with Crippen LogP contribution in [0.25, 0.3) is 0 Å². The summed E-state index contributed by atoms with van der Waals surface area (Å²) >= 11 is 0. The van der Waals surface area contributed by atoms with E-state index in [9.17, 15) is 8.42 Å². The zero-order valence-electron chi connectivity index (χ0n) is 13.9. The molecule has 3 rings (SSSR count). The average Bonchev–Trinajstić information content (AvgIpc) is 2.62. The number of benzene rings is 1. The van der Waals surface area contributed by atoms with Crippen molar-refractivity contribution >= 4 is 15.7 Å². The third kappa shape index (κ3) is 5.44. The Bertz CT molecular complexity index is 879. The van der Waals surface area contributed by atoms with Gasteiger partial charge in [-0.1, -0.05) is 12.1 Å². The maximum atomic E-state index is 11.4. The Kier molecular flexibility index (Phi) is 7.00. The molecule has 2 heterocycles. The predicted molar refractivity (Wildman–Crippen MR) is 96.2 cm³/mol. The molecule has 6 nitrogen and oxygen atoms in total. The topological polar surface area (TPSA) is 89.2 Å². The molecule has 0 bridgehead atoms. The molecule has 0 unspecified atom stereocenters. The fourth-order valence-corrected chi connectivity index (χ4v) is 2.97. The maximum absolute atomic E-state index is 11.4. The number of nitrogens with zero attached hydrogens (tertiary/aromatic N) is 3. The molecular weight excluding hydrogens is 522 g/mol. The molecule has 0 saturated carbocycles. The van der Waals surface area contributed by atoms with Gasteiger partial charge in [-0.15, -0.1) is 0 Å². The van der Waals surface area contributed by atoms with Gasteiger partial charge in [-0.25, -0.2) is 13.6 Å². The van der Waals surface area contributed by atoms with Crippen molar-refractivity contribution in [3.63, 3.8) is 0 Å². The van der Waals surface area contributed by atoms with Crippen LogP contribution in [-0.2, 0) is 43.5 Å². The van der Waals surface area contributed by atoms with E-state index in [1.807, 2.05) is 36.4 Å². The van der Waals surface area contributed by atoms with Gasteiger partial charge >= 0.3 is 0 Å². The molecule has 8 heteroatoms. The Morgan fingerprint density at radius 1 is 0.808 bits per heavy atom. The van der Waals surface area contributed by atoms with Crippen molar-refractivity contribution in [3.8, 4) is 0 Å². The summed E-state index contributed by atoms with van der Waals surface area (Å²) in [5, 5.41) is 5.17. The van der Waals surface area contributed by atoms with Crippen LogP contribution in [0.2, 0.25) is 0 Å². The number of anilines is 1. The van der Waals surface area contributed by atoms with E-state index in [0.717, 1.165) is 17.1 Å². The van der Waals surface area contributed by atoms with E-state index in [1.165, 1.54) is 12.1 Å². The Balaban J connectivity index is 0.00000243. The van der Waals surface area contributed by atoms with Gasteiger partial charge in [-0.05, 0) is 48.5 Å². The molecule has 0 fully saturated rings. The molecule has 2 N–H and O–H groups in total. The second-order valence-corrected chi connectivity index (χ2v) is 7.10. The van der Waals surface area contributed by atoms with Crippen LogP contribution in [0.1, 0.15) is 11.4 Å². The van der Waals surface area contributed by atoms with Crippen LogP contribution < -0.4 is 10.0 Å². The number of sulfonamides is 1. The largest absolute Gasteiger partial charge is 0.360 e. The van der Waals surface area contributed by atoms with Gasteiger partial charge in [-0.3, -0.25) is 9.97 Å². The molecule has 1 aromatic carbocycles. The van der Waals surface area contributed by atoms with Crippen LogP contribution in [0, 0.1) is 0 Å². The minimum Gasteiger partial charge on any atom is -0.360 e. The van der Waals surface area contributed by atoms with E-state index in [-0.39, 0.29) is 25.3 Å². The summed E-state index contributed by atoms with van der Waals surface area (Å²) in [6.07, 6.45) is 3.50. The molecule has 135 valence electrons. The molecule has 0 aliphatic rings. The van der Waals surface area contributed by atoms with E-state index >= 15 is 0 Å². The van der Waals surface area contributed by atoms with Crippen LogP contribution in [0.4, 0.5) is 5.69 Å². The molecule has 0 amide bonds. The molecule has 26 heavy (non-hydrogen) atoms. The number of pyridine rings is 2. The third-order valence-corrected chi connectivity index (χ3v) is 4.62. The van der Waals surface area contributed by atoms with Gasteiger partial charge in [0.2, 0.25) is 10.0 Å². The van der Waals surface area contributed by atoms with Crippen LogP contribution in [0.5, 0.6) is 0 Å². The zero-order valence-corrected chi connectivity index (χ0v) is 17.4. The van der Waals surface area contributed by atoms with Gasteiger partial charge in [0, 0.05) is 38.5 Å². The smallest absolute Gasteiger partial charge is 0.238 e. The van der Waals surface area contributed by atoms with Crippen molar-refractivity contribution in [3.05, 3.63) is 84.4 Å². The molecule has 0 aliphatic heterocycles. The first kappa shape index (κ1) is 20.2. The first-order valence-electron chi connectivity index (χ1n) is 7.70. The van der Waals surface area contributed by atoms with E-state index in [0.29, 0.717) is 13.1 Å². The van der Waals surface area contributed by atoms with Crippen molar-refractivity contribution in [2.45, 2.75) is 18.0 Å². The Morgan fingerprint density at radius 2 is 1.31 bits per heavy atom. The minimum atomic E-state index is -3.71. The summed E-state index contributed by atoms with van der Waals surface area (Å²) in [7, 11) is -3.71. The second kappa shape index (κ2) is 9.01. The number of primary sulfonamides is 1. The summed E-state index contributed by atoms with van der Waals surface area (Å²) in [4.78, 5) is 10.9. The van der Waals surface area contributed by atoms with Gasteiger partial charge in [0.25, 0.3) is 0 Å². The fourth-order valence-electron chi connectivity index (χ4n) is 2.46. The number of hydrogen-bond acceptors (Lipinski definition) is 5. The zero-order chi connectivity index (χ0) is 17.7. The maximum Gasteiger partial charge on any atom is 0.238 e. The van der Waals surface area contributed by atoms with Crippen molar-refractivity contribution in [1.82, 2.24) is 9.97 Å². The van der Waals surface area contributed by atoms with Crippen LogP contribution >= 0.6 is 0 Å². The van der Waals surface area contributed by atoms with E-state index < -0.39 is 10.0 Å². The molecule has 0 spiro atoms. The monoisotopic (exact) mass is 541 g/mol. The molecule has 3 aromatic rings. The Labute approximate surface area is 166 Å². The third-order valence-electron chi connectivity index (χ3n) is 3.69. The molecule has 0 atom stereocenters. The molecule has 1 radical (unpaired) electrons. The van der Waals surface area contributed by atoms with Gasteiger partial charge < -0.3 is 4.90 Å². The summed E-state index contributed by atoms with van der Waals surface area (Å²) in [6, 6.07) is 18.0. The number of nitrogens with two attached hydrogens (primary N) is 1. The number of rotatable bonds is 6. The Hall–Kier alpha value is -2.11. The van der Waals surface area contributed by atoms with Crippen LogP contribution in [0.15, 0.2) is 78.0 Å². The first-order valence-corrected chi connectivity index (χ1v) is 9.24. The van der Waals surface area contributed by atoms with Gasteiger partial charge in [0.1, 0.15) is 0 Å². The average molecular weight is 541 g/mol. The number of hydrogen-bond donors (Lipinski definition) is 1. The van der Waals surface area contributed by atoms with E-state index in [4.69, 9.17) is 5.14 Å². The molecule has 2 aromatic heterocycles. The summed E-state index contributed by atoms with van der Waals surface area (Å²) in [5.41, 5.74) is 2.69.